The van der Waals surface area contributed by atoms with Crippen LogP contribution in [0.3, 0.4) is 0 Å². The smallest absolute Gasteiger partial charge is 0.128 e. The first kappa shape index (κ1) is 11.1. The summed E-state index contributed by atoms with van der Waals surface area (Å²) in [5.74, 6) is 3.93. The Bertz CT molecular complexity index is 404. The van der Waals surface area contributed by atoms with Crippen LogP contribution in [0.2, 0.25) is 0 Å². The number of rotatable bonds is 1. The Labute approximate surface area is 104 Å². The summed E-state index contributed by atoms with van der Waals surface area (Å²) in [6, 6.07) is 4.32. The molecule has 0 spiro atoms. The van der Waals surface area contributed by atoms with Crippen LogP contribution >= 0.6 is 0 Å². The minimum absolute atomic E-state index is 0.488. The molecule has 0 aromatic carbocycles. The minimum atomic E-state index is 0.488. The second kappa shape index (κ2) is 3.47. The predicted octanol–water partition coefficient (Wildman–Crippen LogP) is 3.12. The lowest BCUT2D eigenvalue weighted by Gasteiger charge is -2.26. The number of hydrogen-bond donors (Lipinski definition) is 0. The number of aromatic nitrogens is 1. The molecule has 1 saturated heterocycles. The zero-order chi connectivity index (χ0) is 12.2. The summed E-state index contributed by atoms with van der Waals surface area (Å²) in [7, 11) is 0. The highest BCUT2D eigenvalue weighted by molar-refractivity contribution is 5.43. The summed E-state index contributed by atoms with van der Waals surface area (Å²) < 4.78 is 0. The van der Waals surface area contributed by atoms with Gasteiger partial charge in [0.15, 0.2) is 0 Å². The molecule has 0 amide bonds. The molecule has 2 unspecified atom stereocenters. The van der Waals surface area contributed by atoms with E-state index in [0.29, 0.717) is 5.41 Å². The van der Waals surface area contributed by atoms with Crippen molar-refractivity contribution < 1.29 is 0 Å². The van der Waals surface area contributed by atoms with Crippen LogP contribution in [0.15, 0.2) is 18.3 Å². The van der Waals surface area contributed by atoms with E-state index in [1.54, 1.807) is 0 Å². The molecule has 3 rings (SSSR count). The number of fused-ring (bicyclic) bond motifs is 1. The maximum Gasteiger partial charge on any atom is 0.128 e. The van der Waals surface area contributed by atoms with Crippen LogP contribution < -0.4 is 4.90 Å². The van der Waals surface area contributed by atoms with Crippen LogP contribution in [0, 0.1) is 30.1 Å². The summed E-state index contributed by atoms with van der Waals surface area (Å²) in [6.07, 6.45) is 1.97. The summed E-state index contributed by atoms with van der Waals surface area (Å²) in [4.78, 5) is 6.98. The van der Waals surface area contributed by atoms with Gasteiger partial charge in [-0.15, -0.1) is 0 Å². The molecule has 1 aromatic heterocycles. The van der Waals surface area contributed by atoms with Gasteiger partial charge < -0.3 is 4.90 Å². The number of nitrogens with zero attached hydrogens (tertiary/aromatic N) is 2. The van der Waals surface area contributed by atoms with Crippen LogP contribution in [0.25, 0.3) is 0 Å². The quantitative estimate of drug-likeness (QED) is 0.737. The predicted molar refractivity (Wildman–Crippen MR) is 71.1 cm³/mol. The molecule has 0 bridgehead atoms. The molecule has 1 aromatic rings. The largest absolute Gasteiger partial charge is 0.356 e. The first-order chi connectivity index (χ1) is 7.97. The van der Waals surface area contributed by atoms with E-state index in [9.17, 15) is 0 Å². The van der Waals surface area contributed by atoms with Gasteiger partial charge in [-0.05, 0) is 41.7 Å². The molecular weight excluding hydrogens is 208 g/mol. The molecule has 1 saturated carbocycles. The Morgan fingerprint density at radius 3 is 2.29 bits per heavy atom. The molecular formula is C15H22N2. The normalized spacial score (nSPS) is 31.5. The Morgan fingerprint density at radius 1 is 1.18 bits per heavy atom. The van der Waals surface area contributed by atoms with Gasteiger partial charge in [-0.3, -0.25) is 0 Å². The Balaban J connectivity index is 1.67. The molecule has 2 heteroatoms. The third-order valence-corrected chi connectivity index (χ3v) is 4.41. The van der Waals surface area contributed by atoms with Gasteiger partial charge in [0, 0.05) is 19.3 Å². The van der Waals surface area contributed by atoms with Crippen LogP contribution in [-0.2, 0) is 0 Å². The molecule has 2 aliphatic rings. The number of aryl methyl sites for hydroxylation is 1. The van der Waals surface area contributed by atoms with Crippen molar-refractivity contribution in [1.82, 2.24) is 4.98 Å². The lowest BCUT2D eigenvalue weighted by Crippen LogP contribution is -2.28. The van der Waals surface area contributed by atoms with E-state index in [2.05, 4.69) is 49.7 Å². The van der Waals surface area contributed by atoms with E-state index in [-0.39, 0.29) is 0 Å². The van der Waals surface area contributed by atoms with Crippen LogP contribution in [-0.4, -0.2) is 18.1 Å². The van der Waals surface area contributed by atoms with Gasteiger partial charge in [0.1, 0.15) is 5.82 Å². The standard InChI is InChI=1S/C15H22N2/c1-10-5-6-13(16-7-10)17-8-11-12(9-17)14(11)15(2,3)4/h5-7,11-12,14H,8-9H2,1-4H3. The molecule has 17 heavy (non-hydrogen) atoms. The van der Waals surface area contributed by atoms with Gasteiger partial charge in [-0.25, -0.2) is 4.98 Å². The van der Waals surface area contributed by atoms with Crippen molar-refractivity contribution in [2.75, 3.05) is 18.0 Å². The fourth-order valence-corrected chi connectivity index (χ4v) is 3.64. The van der Waals surface area contributed by atoms with Crippen LogP contribution in [0.4, 0.5) is 5.82 Å². The molecule has 0 radical (unpaired) electrons. The first-order valence-corrected chi connectivity index (χ1v) is 6.64. The molecule has 1 aliphatic carbocycles. The number of pyridine rings is 1. The number of hydrogen-bond acceptors (Lipinski definition) is 2. The van der Waals surface area contributed by atoms with Crippen molar-refractivity contribution in [1.29, 1.82) is 0 Å². The van der Waals surface area contributed by atoms with Gasteiger partial charge in [-0.2, -0.15) is 0 Å². The third-order valence-electron chi connectivity index (χ3n) is 4.41. The van der Waals surface area contributed by atoms with Gasteiger partial charge in [0.05, 0.1) is 0 Å². The van der Waals surface area contributed by atoms with Crippen molar-refractivity contribution in [2.45, 2.75) is 27.7 Å². The Kier molecular flexibility index (Phi) is 2.26. The van der Waals surface area contributed by atoms with Gasteiger partial charge in [0.25, 0.3) is 0 Å². The third kappa shape index (κ3) is 1.84. The van der Waals surface area contributed by atoms with Crippen molar-refractivity contribution in [3.63, 3.8) is 0 Å². The molecule has 2 nitrogen and oxygen atoms in total. The second-order valence-electron chi connectivity index (χ2n) is 6.82. The summed E-state index contributed by atoms with van der Waals surface area (Å²) in [5.41, 5.74) is 1.73. The fourth-order valence-electron chi connectivity index (χ4n) is 3.64. The molecule has 2 fully saturated rings. The van der Waals surface area contributed by atoms with Crippen molar-refractivity contribution in [3.05, 3.63) is 23.9 Å². The van der Waals surface area contributed by atoms with E-state index >= 15 is 0 Å². The monoisotopic (exact) mass is 230 g/mol. The zero-order valence-electron chi connectivity index (χ0n) is 11.3. The SMILES string of the molecule is Cc1ccc(N2CC3C(C2)C3C(C)(C)C)nc1. The Morgan fingerprint density at radius 2 is 1.82 bits per heavy atom. The first-order valence-electron chi connectivity index (χ1n) is 6.64. The average molecular weight is 230 g/mol. The van der Waals surface area contributed by atoms with E-state index in [4.69, 9.17) is 0 Å². The van der Waals surface area contributed by atoms with Crippen LogP contribution in [0.5, 0.6) is 0 Å². The van der Waals surface area contributed by atoms with E-state index in [0.717, 1.165) is 23.6 Å². The lowest BCUT2D eigenvalue weighted by molar-refractivity contribution is 0.309. The number of piperidine rings is 1. The molecule has 92 valence electrons. The molecule has 1 aliphatic heterocycles. The minimum Gasteiger partial charge on any atom is -0.356 e. The highest BCUT2D eigenvalue weighted by Gasteiger charge is 2.59. The second-order valence-corrected chi connectivity index (χ2v) is 6.82. The molecule has 2 heterocycles. The van der Waals surface area contributed by atoms with Gasteiger partial charge in [0.2, 0.25) is 0 Å². The van der Waals surface area contributed by atoms with Crippen LogP contribution in [0.1, 0.15) is 26.3 Å². The van der Waals surface area contributed by atoms with E-state index in [1.165, 1.54) is 18.7 Å². The summed E-state index contributed by atoms with van der Waals surface area (Å²) >= 11 is 0. The van der Waals surface area contributed by atoms with Crippen molar-refractivity contribution in [3.8, 4) is 0 Å². The van der Waals surface area contributed by atoms with E-state index in [1.807, 2.05) is 6.20 Å². The summed E-state index contributed by atoms with van der Waals surface area (Å²) in [5, 5.41) is 0. The number of anilines is 1. The molecule has 2 atom stereocenters. The molecule has 0 N–H and O–H groups in total. The van der Waals surface area contributed by atoms with Gasteiger partial charge in [-0.1, -0.05) is 26.8 Å². The van der Waals surface area contributed by atoms with Crippen molar-refractivity contribution >= 4 is 5.82 Å². The highest BCUT2D eigenvalue weighted by atomic mass is 15.2. The summed E-state index contributed by atoms with van der Waals surface area (Å²) in [6.45, 7) is 11.7. The Hall–Kier alpha value is -1.05. The highest BCUT2D eigenvalue weighted by Crippen LogP contribution is 2.60. The average Bonchev–Trinajstić information content (AvgIpc) is 2.78. The maximum atomic E-state index is 4.53. The van der Waals surface area contributed by atoms with E-state index < -0.39 is 0 Å². The fraction of sp³-hybridized carbons (Fsp3) is 0.667. The lowest BCUT2D eigenvalue weighted by atomic mass is 9.87. The zero-order valence-corrected chi connectivity index (χ0v) is 11.3. The topological polar surface area (TPSA) is 16.1 Å². The van der Waals surface area contributed by atoms with Gasteiger partial charge >= 0.3 is 0 Å². The maximum absolute atomic E-state index is 4.53. The van der Waals surface area contributed by atoms with Crippen molar-refractivity contribution in [2.24, 2.45) is 23.2 Å².